The largest absolute Gasteiger partial charge is 0.497 e. The minimum absolute atomic E-state index is 0.0396. The fraction of sp³-hybridized carbons (Fsp3) is 0.190. The molecule has 0 aliphatic heterocycles. The molecular formula is C21H21NO6S. The molecule has 3 rings (SSSR count). The number of hydrogen-bond donors (Lipinski definition) is 1. The van der Waals surface area contributed by atoms with Gasteiger partial charge in [0.2, 0.25) is 0 Å². The molecule has 0 saturated carbocycles. The lowest BCUT2D eigenvalue weighted by atomic mass is 10.1. The Bertz CT molecular complexity index is 1110. The number of hydrogen-bond acceptors (Lipinski definition) is 5. The molecule has 1 heterocycles. The zero-order valence-corrected chi connectivity index (χ0v) is 17.1. The molecular weight excluding hydrogens is 394 g/mol. The summed E-state index contributed by atoms with van der Waals surface area (Å²) < 4.78 is 39.0. The maximum atomic E-state index is 13.6. The number of furan rings is 1. The number of ether oxygens (including phenoxy) is 1. The summed E-state index contributed by atoms with van der Waals surface area (Å²) in [5.74, 6) is -0.350. The molecule has 0 fully saturated rings. The van der Waals surface area contributed by atoms with Crippen LogP contribution in [-0.4, -0.2) is 26.6 Å². The molecule has 0 atom stereocenters. The maximum Gasteiger partial charge on any atom is 0.338 e. The first kappa shape index (κ1) is 20.5. The van der Waals surface area contributed by atoms with Crippen molar-refractivity contribution in [1.29, 1.82) is 0 Å². The SMILES string of the molecule is COc1cc(C)c(S(=O)(=O)N(Cc2cc(C(=O)O)co2)c2ccccc2)c(C)c1. The number of sulfonamides is 1. The van der Waals surface area contributed by atoms with Gasteiger partial charge < -0.3 is 14.3 Å². The average molecular weight is 415 g/mol. The van der Waals surface area contributed by atoms with Crippen molar-refractivity contribution in [2.45, 2.75) is 25.3 Å². The maximum absolute atomic E-state index is 13.6. The number of anilines is 1. The highest BCUT2D eigenvalue weighted by Crippen LogP contribution is 2.32. The van der Waals surface area contributed by atoms with Crippen molar-refractivity contribution in [3.8, 4) is 5.75 Å². The first-order valence-electron chi connectivity index (χ1n) is 8.77. The average Bonchev–Trinajstić information content (AvgIpc) is 3.15. The summed E-state index contributed by atoms with van der Waals surface area (Å²) in [7, 11) is -2.46. The van der Waals surface area contributed by atoms with Gasteiger partial charge >= 0.3 is 5.97 Å². The van der Waals surface area contributed by atoms with Crippen molar-refractivity contribution in [2.75, 3.05) is 11.4 Å². The Labute approximate surface area is 169 Å². The van der Waals surface area contributed by atoms with Crippen LogP contribution in [0.1, 0.15) is 27.2 Å². The highest BCUT2D eigenvalue weighted by Gasteiger charge is 2.30. The lowest BCUT2D eigenvalue weighted by Crippen LogP contribution is -2.31. The van der Waals surface area contributed by atoms with Crippen LogP contribution in [0.25, 0.3) is 0 Å². The van der Waals surface area contributed by atoms with E-state index in [0.29, 0.717) is 22.6 Å². The number of carbonyl (C=O) groups is 1. The highest BCUT2D eigenvalue weighted by atomic mass is 32.2. The van der Waals surface area contributed by atoms with Crippen molar-refractivity contribution in [1.82, 2.24) is 0 Å². The Morgan fingerprint density at radius 1 is 1.10 bits per heavy atom. The second kappa shape index (κ2) is 8.00. The van der Waals surface area contributed by atoms with Crippen LogP contribution in [0.2, 0.25) is 0 Å². The number of carboxylic acids is 1. The number of aromatic carboxylic acids is 1. The molecule has 0 radical (unpaired) electrons. The molecule has 1 N–H and O–H groups in total. The highest BCUT2D eigenvalue weighted by molar-refractivity contribution is 7.92. The molecule has 0 unspecified atom stereocenters. The lowest BCUT2D eigenvalue weighted by Gasteiger charge is -2.25. The predicted molar refractivity (Wildman–Crippen MR) is 108 cm³/mol. The molecule has 0 spiro atoms. The Morgan fingerprint density at radius 2 is 1.72 bits per heavy atom. The molecule has 152 valence electrons. The Hall–Kier alpha value is -3.26. The van der Waals surface area contributed by atoms with Gasteiger partial charge in [0.1, 0.15) is 17.8 Å². The number of nitrogens with zero attached hydrogens (tertiary/aromatic N) is 1. The molecule has 3 aromatic rings. The number of benzene rings is 2. The van der Waals surface area contributed by atoms with Gasteiger partial charge in [-0.3, -0.25) is 4.31 Å². The van der Waals surface area contributed by atoms with Crippen LogP contribution in [0.5, 0.6) is 5.75 Å². The van der Waals surface area contributed by atoms with Crippen LogP contribution in [0.15, 0.2) is 64.1 Å². The smallest absolute Gasteiger partial charge is 0.338 e. The summed E-state index contributed by atoms with van der Waals surface area (Å²) in [5.41, 5.74) is 1.50. The van der Waals surface area contributed by atoms with Crippen LogP contribution in [-0.2, 0) is 16.6 Å². The summed E-state index contributed by atoms with van der Waals surface area (Å²) in [6, 6.07) is 13.2. The van der Waals surface area contributed by atoms with Crippen LogP contribution in [0.3, 0.4) is 0 Å². The Balaban J connectivity index is 2.12. The third-order valence-electron chi connectivity index (χ3n) is 4.46. The topological polar surface area (TPSA) is 97.1 Å². The fourth-order valence-corrected chi connectivity index (χ4v) is 5.02. The molecule has 0 bridgehead atoms. The number of aryl methyl sites for hydroxylation is 2. The van der Waals surface area contributed by atoms with Gasteiger partial charge in [-0.25, -0.2) is 13.2 Å². The fourth-order valence-electron chi connectivity index (χ4n) is 3.17. The van der Waals surface area contributed by atoms with Crippen molar-refractivity contribution in [3.63, 3.8) is 0 Å². The molecule has 29 heavy (non-hydrogen) atoms. The summed E-state index contributed by atoms with van der Waals surface area (Å²) in [6.45, 7) is 3.27. The van der Waals surface area contributed by atoms with Crippen molar-refractivity contribution in [2.24, 2.45) is 0 Å². The van der Waals surface area contributed by atoms with Gasteiger partial charge in [-0.05, 0) is 55.3 Å². The van der Waals surface area contributed by atoms with E-state index in [1.807, 2.05) is 0 Å². The second-order valence-electron chi connectivity index (χ2n) is 6.54. The van der Waals surface area contributed by atoms with E-state index in [4.69, 9.17) is 14.3 Å². The summed E-state index contributed by atoms with van der Waals surface area (Å²) in [6.07, 6.45) is 1.09. The van der Waals surface area contributed by atoms with Crippen LogP contribution < -0.4 is 9.04 Å². The number of rotatable bonds is 7. The van der Waals surface area contributed by atoms with Gasteiger partial charge in [-0.2, -0.15) is 0 Å². The summed E-state index contributed by atoms with van der Waals surface area (Å²) in [5, 5.41) is 9.11. The molecule has 0 aliphatic carbocycles. The van der Waals surface area contributed by atoms with Gasteiger partial charge in [0.05, 0.1) is 29.8 Å². The molecule has 1 aromatic heterocycles. The molecule has 0 aliphatic rings. The second-order valence-corrected chi connectivity index (χ2v) is 8.34. The predicted octanol–water partition coefficient (Wildman–Crippen LogP) is 4.00. The lowest BCUT2D eigenvalue weighted by molar-refractivity contribution is 0.0696. The van der Waals surface area contributed by atoms with Crippen LogP contribution in [0, 0.1) is 13.8 Å². The van der Waals surface area contributed by atoms with E-state index >= 15 is 0 Å². The van der Waals surface area contributed by atoms with E-state index in [1.165, 1.54) is 17.5 Å². The number of para-hydroxylation sites is 1. The van der Waals surface area contributed by atoms with E-state index in [0.717, 1.165) is 6.26 Å². The normalized spacial score (nSPS) is 11.3. The summed E-state index contributed by atoms with van der Waals surface area (Å²) >= 11 is 0. The van der Waals surface area contributed by atoms with E-state index < -0.39 is 16.0 Å². The third kappa shape index (κ3) is 4.12. The van der Waals surface area contributed by atoms with Crippen molar-refractivity contribution >= 4 is 21.7 Å². The third-order valence-corrected chi connectivity index (χ3v) is 6.54. The number of carboxylic acid groups (broad SMARTS) is 1. The van der Waals surface area contributed by atoms with Crippen LogP contribution >= 0.6 is 0 Å². The zero-order chi connectivity index (χ0) is 21.2. The molecule has 2 aromatic carbocycles. The minimum Gasteiger partial charge on any atom is -0.497 e. The van der Waals surface area contributed by atoms with E-state index in [1.54, 1.807) is 56.3 Å². The van der Waals surface area contributed by atoms with E-state index in [-0.39, 0.29) is 22.8 Å². The zero-order valence-electron chi connectivity index (χ0n) is 16.2. The molecule has 0 amide bonds. The molecule has 0 saturated heterocycles. The van der Waals surface area contributed by atoms with Crippen LogP contribution in [0.4, 0.5) is 5.69 Å². The first-order valence-corrected chi connectivity index (χ1v) is 10.2. The molecule has 8 heteroatoms. The standard InChI is InChI=1S/C21H21NO6S/c1-14-9-18(27-3)10-15(2)20(14)29(25,26)22(17-7-5-4-6-8-17)12-19-11-16(13-28-19)21(23)24/h4-11,13H,12H2,1-3H3,(H,23,24). The van der Waals surface area contributed by atoms with Gasteiger partial charge in [-0.1, -0.05) is 18.2 Å². The van der Waals surface area contributed by atoms with Gasteiger partial charge in [0.25, 0.3) is 10.0 Å². The minimum atomic E-state index is -3.98. The Morgan fingerprint density at radius 3 is 2.24 bits per heavy atom. The van der Waals surface area contributed by atoms with Gasteiger partial charge in [-0.15, -0.1) is 0 Å². The van der Waals surface area contributed by atoms with E-state index in [2.05, 4.69) is 0 Å². The van der Waals surface area contributed by atoms with Gasteiger partial charge in [0, 0.05) is 0 Å². The van der Waals surface area contributed by atoms with Gasteiger partial charge in [0.15, 0.2) is 0 Å². The quantitative estimate of drug-likeness (QED) is 0.626. The van der Waals surface area contributed by atoms with Crippen molar-refractivity contribution in [3.05, 3.63) is 77.2 Å². The Kier molecular flexibility index (Phi) is 5.65. The van der Waals surface area contributed by atoms with E-state index in [9.17, 15) is 13.2 Å². The van der Waals surface area contributed by atoms with Crippen molar-refractivity contribution < 1.29 is 27.5 Å². The number of methoxy groups -OCH3 is 1. The monoisotopic (exact) mass is 415 g/mol. The molecule has 7 nitrogen and oxygen atoms in total. The summed E-state index contributed by atoms with van der Waals surface area (Å²) in [4.78, 5) is 11.3. The first-order chi connectivity index (χ1) is 13.7.